The summed E-state index contributed by atoms with van der Waals surface area (Å²) in [5.41, 5.74) is 0.628. The molecule has 3 N–H and O–H groups in total. The number of urea groups is 1. The number of hydrogen-bond acceptors (Lipinski definition) is 3. The van der Waals surface area contributed by atoms with Crippen LogP contribution in [0.3, 0.4) is 0 Å². The summed E-state index contributed by atoms with van der Waals surface area (Å²) in [4.78, 5) is 35.3. The van der Waals surface area contributed by atoms with Gasteiger partial charge in [-0.15, -0.1) is 0 Å². The summed E-state index contributed by atoms with van der Waals surface area (Å²) in [5.74, 6) is -1.42. The van der Waals surface area contributed by atoms with E-state index < -0.39 is 18.0 Å². The van der Waals surface area contributed by atoms with Gasteiger partial charge in [0.05, 0.1) is 0 Å². The Hall–Kier alpha value is -2.09. The number of carbonyl (C=O) groups excluding carboxylic acids is 2. The number of carboxylic acids is 1. The molecule has 0 aromatic heterocycles. The molecule has 8 heteroatoms. The lowest BCUT2D eigenvalue weighted by atomic mass is 10.2. The first-order chi connectivity index (χ1) is 10.3. The fraction of sp³-hybridized carbons (Fsp3) is 0.357. The third kappa shape index (κ3) is 5.72. The van der Waals surface area contributed by atoms with Gasteiger partial charge in [-0.3, -0.25) is 4.79 Å². The van der Waals surface area contributed by atoms with Gasteiger partial charge in [-0.25, -0.2) is 9.59 Å². The van der Waals surface area contributed by atoms with Crippen molar-refractivity contribution < 1.29 is 19.5 Å². The predicted octanol–water partition coefficient (Wildman–Crippen LogP) is 1.89. The van der Waals surface area contributed by atoms with E-state index in [1.807, 2.05) is 0 Å². The molecular formula is C14H18BrN3O4. The number of amides is 3. The maximum atomic E-state index is 11.8. The second-order valence-electron chi connectivity index (χ2n) is 4.66. The van der Waals surface area contributed by atoms with Gasteiger partial charge in [-0.1, -0.05) is 15.9 Å². The number of carboxylic acid groups (broad SMARTS) is 1. The SMILES string of the molecule is CC(C(=O)O)N(C)C(=O)CCNC(=O)Nc1ccc(Br)cc1. The fourth-order valence-electron chi connectivity index (χ4n) is 1.55. The van der Waals surface area contributed by atoms with Gasteiger partial charge in [0.2, 0.25) is 5.91 Å². The standard InChI is InChI=1S/C14H18BrN3O4/c1-9(13(20)21)18(2)12(19)7-8-16-14(22)17-11-5-3-10(15)4-6-11/h3-6,9H,7-8H2,1-2H3,(H,20,21)(H2,16,17,22). The molecule has 0 saturated carbocycles. The molecule has 1 aromatic carbocycles. The van der Waals surface area contributed by atoms with Crippen LogP contribution in [0.25, 0.3) is 0 Å². The van der Waals surface area contributed by atoms with Gasteiger partial charge in [-0.2, -0.15) is 0 Å². The molecule has 3 amide bonds. The Kier molecular flexibility index (Phi) is 6.84. The van der Waals surface area contributed by atoms with Crippen LogP contribution in [-0.4, -0.2) is 47.5 Å². The van der Waals surface area contributed by atoms with E-state index in [2.05, 4.69) is 26.6 Å². The van der Waals surface area contributed by atoms with E-state index in [-0.39, 0.29) is 18.9 Å². The molecule has 22 heavy (non-hydrogen) atoms. The van der Waals surface area contributed by atoms with Crippen LogP contribution in [0.4, 0.5) is 10.5 Å². The van der Waals surface area contributed by atoms with Crippen LogP contribution in [0.2, 0.25) is 0 Å². The van der Waals surface area contributed by atoms with Gasteiger partial charge >= 0.3 is 12.0 Å². The lowest BCUT2D eigenvalue weighted by molar-refractivity contribution is -0.148. The van der Waals surface area contributed by atoms with Gasteiger partial charge in [0.1, 0.15) is 6.04 Å². The highest BCUT2D eigenvalue weighted by molar-refractivity contribution is 9.10. The molecule has 0 aliphatic rings. The lowest BCUT2D eigenvalue weighted by Gasteiger charge is -2.21. The Bertz CT molecular complexity index is 548. The van der Waals surface area contributed by atoms with Crippen molar-refractivity contribution in [2.24, 2.45) is 0 Å². The van der Waals surface area contributed by atoms with Crippen molar-refractivity contribution in [1.82, 2.24) is 10.2 Å². The lowest BCUT2D eigenvalue weighted by Crippen LogP contribution is -2.41. The van der Waals surface area contributed by atoms with E-state index in [0.29, 0.717) is 5.69 Å². The van der Waals surface area contributed by atoms with E-state index in [9.17, 15) is 14.4 Å². The number of anilines is 1. The molecule has 1 aromatic rings. The molecule has 1 atom stereocenters. The number of nitrogens with one attached hydrogen (secondary N) is 2. The smallest absolute Gasteiger partial charge is 0.326 e. The van der Waals surface area contributed by atoms with Crippen LogP contribution < -0.4 is 10.6 Å². The minimum atomic E-state index is -1.07. The van der Waals surface area contributed by atoms with Crippen LogP contribution >= 0.6 is 15.9 Å². The first-order valence-electron chi connectivity index (χ1n) is 6.60. The maximum absolute atomic E-state index is 11.8. The molecule has 0 fully saturated rings. The van der Waals surface area contributed by atoms with Crippen molar-refractivity contribution in [1.29, 1.82) is 0 Å². The summed E-state index contributed by atoms with van der Waals surface area (Å²) in [6.45, 7) is 1.55. The number of carbonyl (C=O) groups is 3. The van der Waals surface area contributed by atoms with Gasteiger partial charge in [0.15, 0.2) is 0 Å². The Labute approximate surface area is 136 Å². The Balaban J connectivity index is 2.34. The van der Waals surface area contributed by atoms with E-state index in [4.69, 9.17) is 5.11 Å². The highest BCUT2D eigenvalue weighted by Crippen LogP contribution is 2.13. The van der Waals surface area contributed by atoms with E-state index in [0.717, 1.165) is 9.37 Å². The molecule has 0 aliphatic carbocycles. The number of nitrogens with zero attached hydrogens (tertiary/aromatic N) is 1. The molecule has 0 aliphatic heterocycles. The van der Waals surface area contributed by atoms with Gasteiger partial charge in [-0.05, 0) is 31.2 Å². The Morgan fingerprint density at radius 3 is 2.41 bits per heavy atom. The maximum Gasteiger partial charge on any atom is 0.326 e. The molecule has 0 heterocycles. The first kappa shape index (κ1) is 18.0. The molecule has 1 rings (SSSR count). The third-order valence-electron chi connectivity index (χ3n) is 3.06. The fourth-order valence-corrected chi connectivity index (χ4v) is 1.81. The number of halogens is 1. The summed E-state index contributed by atoms with van der Waals surface area (Å²) in [6.07, 6.45) is 0.0296. The van der Waals surface area contributed by atoms with E-state index in [1.54, 1.807) is 24.3 Å². The minimum Gasteiger partial charge on any atom is -0.480 e. The molecule has 0 saturated heterocycles. The topological polar surface area (TPSA) is 98.7 Å². The summed E-state index contributed by atoms with van der Waals surface area (Å²) in [5, 5.41) is 14.0. The van der Waals surface area contributed by atoms with Crippen molar-refractivity contribution >= 4 is 39.5 Å². The Morgan fingerprint density at radius 1 is 1.27 bits per heavy atom. The Morgan fingerprint density at radius 2 is 1.86 bits per heavy atom. The highest BCUT2D eigenvalue weighted by Gasteiger charge is 2.21. The summed E-state index contributed by atoms with van der Waals surface area (Å²) in [7, 11) is 1.42. The van der Waals surface area contributed by atoms with Crippen LogP contribution in [-0.2, 0) is 9.59 Å². The van der Waals surface area contributed by atoms with Gasteiger partial charge in [0, 0.05) is 30.2 Å². The number of aliphatic carboxylic acids is 1. The summed E-state index contributed by atoms with van der Waals surface area (Å²) < 4.78 is 0.902. The second kappa shape index (κ2) is 8.38. The van der Waals surface area contributed by atoms with Crippen LogP contribution in [0.15, 0.2) is 28.7 Å². The quantitative estimate of drug-likeness (QED) is 0.710. The van der Waals surface area contributed by atoms with Crippen molar-refractivity contribution in [2.75, 3.05) is 18.9 Å². The molecule has 1 unspecified atom stereocenters. The molecule has 0 radical (unpaired) electrons. The zero-order chi connectivity index (χ0) is 16.7. The monoisotopic (exact) mass is 371 g/mol. The highest BCUT2D eigenvalue weighted by atomic mass is 79.9. The van der Waals surface area contributed by atoms with Crippen molar-refractivity contribution in [3.8, 4) is 0 Å². The first-order valence-corrected chi connectivity index (χ1v) is 7.39. The molecule has 120 valence electrons. The van der Waals surface area contributed by atoms with Crippen LogP contribution in [0.1, 0.15) is 13.3 Å². The largest absolute Gasteiger partial charge is 0.480 e. The number of rotatable bonds is 6. The average molecular weight is 372 g/mol. The zero-order valence-electron chi connectivity index (χ0n) is 12.3. The van der Waals surface area contributed by atoms with Gasteiger partial charge < -0.3 is 20.6 Å². The van der Waals surface area contributed by atoms with Crippen molar-refractivity contribution in [2.45, 2.75) is 19.4 Å². The molecular weight excluding hydrogens is 354 g/mol. The summed E-state index contributed by atoms with van der Waals surface area (Å²) >= 11 is 3.29. The normalized spacial score (nSPS) is 11.4. The summed E-state index contributed by atoms with van der Waals surface area (Å²) in [6, 6.07) is 5.73. The van der Waals surface area contributed by atoms with Crippen molar-refractivity contribution in [3.05, 3.63) is 28.7 Å². The zero-order valence-corrected chi connectivity index (χ0v) is 13.9. The number of hydrogen-bond donors (Lipinski definition) is 3. The number of benzene rings is 1. The van der Waals surface area contributed by atoms with Crippen molar-refractivity contribution in [3.63, 3.8) is 0 Å². The molecule has 0 spiro atoms. The molecule has 7 nitrogen and oxygen atoms in total. The third-order valence-corrected chi connectivity index (χ3v) is 3.59. The van der Waals surface area contributed by atoms with Crippen LogP contribution in [0.5, 0.6) is 0 Å². The second-order valence-corrected chi connectivity index (χ2v) is 5.57. The van der Waals surface area contributed by atoms with E-state index in [1.165, 1.54) is 14.0 Å². The van der Waals surface area contributed by atoms with Crippen LogP contribution in [0, 0.1) is 0 Å². The predicted molar refractivity (Wildman–Crippen MR) is 85.6 cm³/mol. The minimum absolute atomic E-state index is 0.0296. The average Bonchev–Trinajstić information content (AvgIpc) is 2.47. The number of likely N-dealkylation sites (N-methyl/N-ethyl adjacent to an activating group) is 1. The van der Waals surface area contributed by atoms with E-state index >= 15 is 0 Å². The van der Waals surface area contributed by atoms with Gasteiger partial charge in [0.25, 0.3) is 0 Å². The molecule has 0 bridgehead atoms.